The van der Waals surface area contributed by atoms with Gasteiger partial charge in [0.2, 0.25) is 0 Å². The summed E-state index contributed by atoms with van der Waals surface area (Å²) in [4.78, 5) is 5.64. The second-order valence-corrected chi connectivity index (χ2v) is 7.20. The fourth-order valence-corrected chi connectivity index (χ4v) is 3.98. The summed E-state index contributed by atoms with van der Waals surface area (Å²) in [5.41, 5.74) is 11.4. The topological polar surface area (TPSA) is 52.0 Å². The molecule has 4 nitrogen and oxygen atoms in total. The number of hydrogen-bond donors (Lipinski definition) is 0. The zero-order chi connectivity index (χ0) is 17.5. The maximum absolute atomic E-state index is 9.28. The van der Waals surface area contributed by atoms with Gasteiger partial charge in [0.05, 0.1) is 0 Å². The number of hydrogen-bond acceptors (Lipinski definition) is 2. The molecule has 25 heavy (non-hydrogen) atoms. The van der Waals surface area contributed by atoms with Gasteiger partial charge in [-0.25, -0.2) is 0 Å². The van der Waals surface area contributed by atoms with E-state index in [9.17, 15) is 5.53 Å². The quantitative estimate of drug-likeness (QED) is 0.368. The summed E-state index contributed by atoms with van der Waals surface area (Å²) in [5.74, 6) is 0.577. The molecule has 0 bridgehead atoms. The van der Waals surface area contributed by atoms with Gasteiger partial charge in [0.1, 0.15) is 5.66 Å². The van der Waals surface area contributed by atoms with E-state index in [0.717, 1.165) is 32.4 Å². The van der Waals surface area contributed by atoms with E-state index < -0.39 is 5.66 Å². The van der Waals surface area contributed by atoms with Gasteiger partial charge in [-0.1, -0.05) is 85.5 Å². The second kappa shape index (κ2) is 8.19. The SMILES string of the molecule is CC1CCCC(N=[N+]=[N-])(N(Cc2ccccc2)Cc2ccccc2)C1. The van der Waals surface area contributed by atoms with Gasteiger partial charge in [0.15, 0.2) is 0 Å². The molecule has 130 valence electrons. The summed E-state index contributed by atoms with van der Waals surface area (Å²) >= 11 is 0. The fourth-order valence-electron chi connectivity index (χ4n) is 3.98. The largest absolute Gasteiger partial charge is 0.284 e. The van der Waals surface area contributed by atoms with E-state index in [2.05, 4.69) is 70.4 Å². The molecule has 2 unspecified atom stereocenters. The maximum atomic E-state index is 9.28. The van der Waals surface area contributed by atoms with Crippen LogP contribution in [-0.4, -0.2) is 10.6 Å². The van der Waals surface area contributed by atoms with Crippen molar-refractivity contribution in [3.8, 4) is 0 Å². The maximum Gasteiger partial charge on any atom is 0.101 e. The molecule has 3 rings (SSSR count). The highest BCUT2D eigenvalue weighted by atomic mass is 15.4. The normalized spacial score (nSPS) is 23.2. The molecule has 1 saturated carbocycles. The number of rotatable bonds is 6. The minimum Gasteiger partial charge on any atom is -0.284 e. The van der Waals surface area contributed by atoms with Crippen molar-refractivity contribution in [1.29, 1.82) is 0 Å². The van der Waals surface area contributed by atoms with Crippen LogP contribution in [0.15, 0.2) is 65.8 Å². The molecular formula is C21H26N4. The smallest absolute Gasteiger partial charge is 0.101 e. The molecule has 0 aromatic heterocycles. The number of benzene rings is 2. The van der Waals surface area contributed by atoms with Crippen LogP contribution in [0.4, 0.5) is 0 Å². The van der Waals surface area contributed by atoms with Crippen LogP contribution in [0.1, 0.15) is 43.7 Å². The summed E-state index contributed by atoms with van der Waals surface area (Å²) in [6.45, 7) is 3.85. The Bertz CT molecular complexity index is 668. The molecule has 2 aromatic rings. The first-order valence-corrected chi connectivity index (χ1v) is 9.11. The van der Waals surface area contributed by atoms with Crippen molar-refractivity contribution >= 4 is 0 Å². The summed E-state index contributed by atoms with van der Waals surface area (Å²) in [7, 11) is 0. The first kappa shape index (κ1) is 17.5. The van der Waals surface area contributed by atoms with Gasteiger partial charge in [-0.3, -0.25) is 4.90 Å². The predicted molar refractivity (Wildman–Crippen MR) is 102 cm³/mol. The van der Waals surface area contributed by atoms with Crippen molar-refractivity contribution in [3.63, 3.8) is 0 Å². The zero-order valence-electron chi connectivity index (χ0n) is 14.9. The molecule has 1 aliphatic rings. The Kier molecular flexibility index (Phi) is 5.75. The van der Waals surface area contributed by atoms with Crippen LogP contribution >= 0.6 is 0 Å². The average molecular weight is 334 g/mol. The Hall–Kier alpha value is -2.29. The molecule has 0 heterocycles. The van der Waals surface area contributed by atoms with Gasteiger partial charge >= 0.3 is 0 Å². The third kappa shape index (κ3) is 4.41. The highest BCUT2D eigenvalue weighted by Gasteiger charge is 2.39. The van der Waals surface area contributed by atoms with Crippen LogP contribution in [0.5, 0.6) is 0 Å². The first-order chi connectivity index (χ1) is 12.2. The minimum absolute atomic E-state index is 0.432. The molecule has 2 aromatic carbocycles. The Balaban J connectivity index is 1.94. The third-order valence-corrected chi connectivity index (χ3v) is 5.20. The lowest BCUT2D eigenvalue weighted by Gasteiger charge is -2.45. The van der Waals surface area contributed by atoms with Crippen molar-refractivity contribution in [2.75, 3.05) is 0 Å². The number of nitrogens with zero attached hydrogens (tertiary/aromatic N) is 4. The van der Waals surface area contributed by atoms with Crippen molar-refractivity contribution < 1.29 is 0 Å². The van der Waals surface area contributed by atoms with E-state index in [0.29, 0.717) is 5.92 Å². The van der Waals surface area contributed by atoms with E-state index in [1.54, 1.807) is 0 Å². The van der Waals surface area contributed by atoms with Gasteiger partial charge < -0.3 is 0 Å². The first-order valence-electron chi connectivity index (χ1n) is 9.11. The van der Waals surface area contributed by atoms with Crippen LogP contribution < -0.4 is 0 Å². The van der Waals surface area contributed by atoms with E-state index in [1.807, 2.05) is 12.1 Å². The van der Waals surface area contributed by atoms with Crippen LogP contribution in [0.2, 0.25) is 0 Å². The van der Waals surface area contributed by atoms with Gasteiger partial charge in [0, 0.05) is 18.0 Å². The highest BCUT2D eigenvalue weighted by Crippen LogP contribution is 2.39. The van der Waals surface area contributed by atoms with Crippen molar-refractivity contribution in [2.45, 2.75) is 51.4 Å². The molecule has 1 fully saturated rings. The van der Waals surface area contributed by atoms with Crippen molar-refractivity contribution in [3.05, 3.63) is 82.2 Å². The monoisotopic (exact) mass is 334 g/mol. The average Bonchev–Trinajstić information content (AvgIpc) is 2.63. The lowest BCUT2D eigenvalue weighted by Crippen LogP contribution is -2.49. The van der Waals surface area contributed by atoms with E-state index >= 15 is 0 Å². The molecule has 4 heteroatoms. The molecule has 0 saturated heterocycles. The van der Waals surface area contributed by atoms with Crippen molar-refractivity contribution in [2.24, 2.45) is 11.0 Å². The Morgan fingerprint density at radius 3 is 2.08 bits per heavy atom. The second-order valence-electron chi connectivity index (χ2n) is 7.20. The minimum atomic E-state index is -0.432. The third-order valence-electron chi connectivity index (χ3n) is 5.20. The summed E-state index contributed by atoms with van der Waals surface area (Å²) < 4.78 is 0. The molecular weight excluding hydrogens is 308 g/mol. The van der Waals surface area contributed by atoms with Crippen LogP contribution in [-0.2, 0) is 13.1 Å². The molecule has 0 radical (unpaired) electrons. The van der Waals surface area contributed by atoms with Crippen LogP contribution in [0.3, 0.4) is 0 Å². The van der Waals surface area contributed by atoms with Gasteiger partial charge in [-0.15, -0.1) is 0 Å². The van der Waals surface area contributed by atoms with Gasteiger partial charge in [-0.2, -0.15) is 0 Å². The van der Waals surface area contributed by atoms with E-state index in [4.69, 9.17) is 0 Å². The number of azide groups is 1. The molecule has 0 N–H and O–H groups in total. The van der Waals surface area contributed by atoms with E-state index in [1.165, 1.54) is 17.5 Å². The Labute approximate surface area is 150 Å². The fraction of sp³-hybridized carbons (Fsp3) is 0.429. The molecule has 0 amide bonds. The van der Waals surface area contributed by atoms with E-state index in [-0.39, 0.29) is 0 Å². The van der Waals surface area contributed by atoms with Gasteiger partial charge in [0.25, 0.3) is 0 Å². The summed E-state index contributed by atoms with van der Waals surface area (Å²) in [5, 5.41) is 4.36. The van der Waals surface area contributed by atoms with Crippen LogP contribution in [0, 0.1) is 5.92 Å². The van der Waals surface area contributed by atoms with Crippen molar-refractivity contribution in [1.82, 2.24) is 4.90 Å². The molecule has 1 aliphatic carbocycles. The standard InChI is InChI=1S/C21H26N4/c1-18-9-8-14-21(15-18,23-24-22)25(16-19-10-4-2-5-11-19)17-20-12-6-3-7-13-20/h2-7,10-13,18H,8-9,14-17H2,1H3. The van der Waals surface area contributed by atoms with Gasteiger partial charge in [-0.05, 0) is 35.4 Å². The highest BCUT2D eigenvalue weighted by molar-refractivity contribution is 5.18. The molecule has 2 atom stereocenters. The van der Waals surface area contributed by atoms with Crippen LogP contribution in [0.25, 0.3) is 10.4 Å². The lowest BCUT2D eigenvalue weighted by atomic mass is 9.81. The molecule has 0 spiro atoms. The summed E-state index contributed by atoms with van der Waals surface area (Å²) in [6.07, 6.45) is 4.19. The zero-order valence-corrected chi connectivity index (χ0v) is 14.9. The Morgan fingerprint density at radius 1 is 1.04 bits per heavy atom. The summed E-state index contributed by atoms with van der Waals surface area (Å²) in [6, 6.07) is 20.9. The Morgan fingerprint density at radius 2 is 1.60 bits per heavy atom. The molecule has 0 aliphatic heterocycles. The lowest BCUT2D eigenvalue weighted by molar-refractivity contribution is 0.0237. The predicted octanol–water partition coefficient (Wildman–Crippen LogP) is 5.91.